The van der Waals surface area contributed by atoms with Crippen LogP contribution >= 0.6 is 0 Å². The highest BCUT2D eigenvalue weighted by molar-refractivity contribution is 5.39. The standard InChI is InChI=1S/C17H26N2O3/c1-13(18-12-17(20)15-7-2-3-8-15)10-11-14-6-4-5-9-16(14)19(21)22/h4-6,9,13,15,17-18,20H,2-3,7-8,10-12H2,1H3. The minimum absolute atomic E-state index is 0.195. The first-order valence-electron chi connectivity index (χ1n) is 8.21. The molecule has 0 spiro atoms. The molecule has 5 heteroatoms. The summed E-state index contributed by atoms with van der Waals surface area (Å²) in [5, 5.41) is 24.5. The van der Waals surface area contributed by atoms with Gasteiger partial charge in [0.15, 0.2) is 0 Å². The molecule has 1 fully saturated rings. The molecule has 1 saturated carbocycles. The van der Waals surface area contributed by atoms with E-state index >= 15 is 0 Å². The summed E-state index contributed by atoms with van der Waals surface area (Å²) in [5.41, 5.74) is 0.971. The fraction of sp³-hybridized carbons (Fsp3) is 0.647. The van der Waals surface area contributed by atoms with Gasteiger partial charge in [0.1, 0.15) is 0 Å². The van der Waals surface area contributed by atoms with Crippen molar-refractivity contribution >= 4 is 5.69 Å². The molecule has 1 aromatic rings. The highest BCUT2D eigenvalue weighted by Gasteiger charge is 2.23. The smallest absolute Gasteiger partial charge is 0.272 e. The van der Waals surface area contributed by atoms with Crippen LogP contribution in [0.5, 0.6) is 0 Å². The van der Waals surface area contributed by atoms with Crippen LogP contribution in [0.15, 0.2) is 24.3 Å². The lowest BCUT2D eigenvalue weighted by atomic mass is 10.00. The van der Waals surface area contributed by atoms with Gasteiger partial charge in [0.05, 0.1) is 11.0 Å². The number of hydrogen-bond donors (Lipinski definition) is 2. The van der Waals surface area contributed by atoms with Gasteiger partial charge in [-0.3, -0.25) is 10.1 Å². The summed E-state index contributed by atoms with van der Waals surface area (Å²) in [6.07, 6.45) is 5.95. The zero-order chi connectivity index (χ0) is 15.9. The van der Waals surface area contributed by atoms with Crippen molar-refractivity contribution in [1.82, 2.24) is 5.32 Å². The number of nitro benzene ring substituents is 1. The van der Waals surface area contributed by atoms with E-state index < -0.39 is 0 Å². The number of aryl methyl sites for hydroxylation is 1. The van der Waals surface area contributed by atoms with Crippen molar-refractivity contribution in [3.8, 4) is 0 Å². The zero-order valence-corrected chi connectivity index (χ0v) is 13.2. The van der Waals surface area contributed by atoms with Gasteiger partial charge in [-0.2, -0.15) is 0 Å². The van der Waals surface area contributed by atoms with Gasteiger partial charge in [-0.15, -0.1) is 0 Å². The van der Waals surface area contributed by atoms with E-state index in [0.29, 0.717) is 18.9 Å². The molecule has 2 unspecified atom stereocenters. The maximum atomic E-state index is 11.0. The average Bonchev–Trinajstić information content (AvgIpc) is 3.05. The molecule has 122 valence electrons. The zero-order valence-electron chi connectivity index (χ0n) is 13.2. The molecule has 2 rings (SSSR count). The Bertz CT molecular complexity index is 487. The van der Waals surface area contributed by atoms with Crippen LogP contribution < -0.4 is 5.32 Å². The van der Waals surface area contributed by atoms with Crippen LogP contribution in [0.4, 0.5) is 5.69 Å². The molecule has 2 atom stereocenters. The third-order valence-corrected chi connectivity index (χ3v) is 4.65. The first-order valence-corrected chi connectivity index (χ1v) is 8.21. The van der Waals surface area contributed by atoms with Gasteiger partial charge >= 0.3 is 0 Å². The van der Waals surface area contributed by atoms with E-state index in [-0.39, 0.29) is 22.8 Å². The fourth-order valence-corrected chi connectivity index (χ4v) is 3.21. The first-order chi connectivity index (χ1) is 10.6. The van der Waals surface area contributed by atoms with E-state index in [2.05, 4.69) is 12.2 Å². The lowest BCUT2D eigenvalue weighted by Gasteiger charge is -2.21. The maximum Gasteiger partial charge on any atom is 0.272 e. The van der Waals surface area contributed by atoms with E-state index in [4.69, 9.17) is 0 Å². The molecule has 0 aliphatic heterocycles. The van der Waals surface area contributed by atoms with E-state index in [1.807, 2.05) is 12.1 Å². The Morgan fingerprint density at radius 1 is 1.36 bits per heavy atom. The second kappa shape index (κ2) is 8.25. The summed E-state index contributed by atoms with van der Waals surface area (Å²) in [7, 11) is 0. The van der Waals surface area contributed by atoms with Crippen LogP contribution in [0.2, 0.25) is 0 Å². The van der Waals surface area contributed by atoms with Gasteiger partial charge < -0.3 is 10.4 Å². The number of para-hydroxylation sites is 1. The number of nitro groups is 1. The Kier molecular flexibility index (Phi) is 6.34. The molecule has 22 heavy (non-hydrogen) atoms. The van der Waals surface area contributed by atoms with E-state index in [9.17, 15) is 15.2 Å². The molecule has 0 radical (unpaired) electrons. The summed E-state index contributed by atoms with van der Waals surface area (Å²) in [5.74, 6) is 0.440. The number of nitrogens with zero attached hydrogens (tertiary/aromatic N) is 1. The number of nitrogens with one attached hydrogen (secondary N) is 1. The molecule has 1 aliphatic carbocycles. The normalized spacial score (nSPS) is 18.3. The number of aliphatic hydroxyl groups is 1. The number of rotatable bonds is 8. The molecule has 1 aromatic carbocycles. The van der Waals surface area contributed by atoms with Gasteiger partial charge in [0.25, 0.3) is 5.69 Å². The lowest BCUT2D eigenvalue weighted by Crippen LogP contribution is -2.37. The van der Waals surface area contributed by atoms with Gasteiger partial charge in [-0.05, 0) is 38.5 Å². The van der Waals surface area contributed by atoms with Crippen molar-refractivity contribution in [1.29, 1.82) is 0 Å². The minimum Gasteiger partial charge on any atom is -0.392 e. The Morgan fingerprint density at radius 3 is 2.73 bits per heavy atom. The lowest BCUT2D eigenvalue weighted by molar-refractivity contribution is -0.385. The Hall–Kier alpha value is -1.46. The summed E-state index contributed by atoms with van der Waals surface area (Å²) in [6.45, 7) is 2.68. The summed E-state index contributed by atoms with van der Waals surface area (Å²) < 4.78 is 0. The molecule has 0 saturated heterocycles. The van der Waals surface area contributed by atoms with Gasteiger partial charge in [0.2, 0.25) is 0 Å². The number of benzene rings is 1. The maximum absolute atomic E-state index is 11.0. The van der Waals surface area contributed by atoms with E-state index in [1.165, 1.54) is 12.8 Å². The van der Waals surface area contributed by atoms with Crippen molar-refractivity contribution in [2.45, 2.75) is 57.6 Å². The van der Waals surface area contributed by atoms with Crippen molar-refractivity contribution in [2.75, 3.05) is 6.54 Å². The molecular weight excluding hydrogens is 280 g/mol. The first kappa shape index (κ1) is 16.9. The topological polar surface area (TPSA) is 75.4 Å². The summed E-state index contributed by atoms with van der Waals surface area (Å²) in [4.78, 5) is 10.7. The molecule has 5 nitrogen and oxygen atoms in total. The minimum atomic E-state index is -0.322. The summed E-state index contributed by atoms with van der Waals surface area (Å²) in [6, 6.07) is 7.14. The van der Waals surface area contributed by atoms with Gasteiger partial charge in [0, 0.05) is 24.2 Å². The predicted molar refractivity (Wildman–Crippen MR) is 86.8 cm³/mol. The molecule has 0 heterocycles. The second-order valence-electron chi connectivity index (χ2n) is 6.35. The Balaban J connectivity index is 1.75. The van der Waals surface area contributed by atoms with E-state index in [0.717, 1.165) is 24.8 Å². The van der Waals surface area contributed by atoms with Crippen LogP contribution in [0.25, 0.3) is 0 Å². The van der Waals surface area contributed by atoms with Crippen LogP contribution in [-0.4, -0.2) is 28.7 Å². The molecule has 0 aromatic heterocycles. The molecular formula is C17H26N2O3. The predicted octanol–water partition coefficient (Wildman–Crippen LogP) is 3.06. The third kappa shape index (κ3) is 4.78. The molecule has 2 N–H and O–H groups in total. The third-order valence-electron chi connectivity index (χ3n) is 4.65. The molecule has 1 aliphatic rings. The van der Waals surface area contributed by atoms with Crippen LogP contribution in [0.3, 0.4) is 0 Å². The summed E-state index contributed by atoms with van der Waals surface area (Å²) >= 11 is 0. The molecule has 0 amide bonds. The van der Waals surface area contributed by atoms with Gasteiger partial charge in [-0.25, -0.2) is 0 Å². The van der Waals surface area contributed by atoms with Crippen LogP contribution in [0, 0.1) is 16.0 Å². The fourth-order valence-electron chi connectivity index (χ4n) is 3.21. The van der Waals surface area contributed by atoms with Gasteiger partial charge in [-0.1, -0.05) is 31.0 Å². The Labute approximate surface area is 131 Å². The SMILES string of the molecule is CC(CCc1ccccc1[N+](=O)[O-])NCC(O)C1CCCC1. The monoisotopic (exact) mass is 306 g/mol. The van der Waals surface area contributed by atoms with Crippen molar-refractivity contribution < 1.29 is 10.0 Å². The van der Waals surface area contributed by atoms with Crippen molar-refractivity contribution in [3.05, 3.63) is 39.9 Å². The number of hydrogen-bond acceptors (Lipinski definition) is 4. The van der Waals surface area contributed by atoms with Crippen LogP contribution in [-0.2, 0) is 6.42 Å². The van der Waals surface area contributed by atoms with Crippen molar-refractivity contribution in [2.24, 2.45) is 5.92 Å². The van der Waals surface area contributed by atoms with E-state index in [1.54, 1.807) is 12.1 Å². The highest BCUT2D eigenvalue weighted by Crippen LogP contribution is 2.27. The van der Waals surface area contributed by atoms with Crippen LogP contribution in [0.1, 0.15) is 44.6 Å². The van der Waals surface area contributed by atoms with Crippen molar-refractivity contribution in [3.63, 3.8) is 0 Å². The molecule has 0 bridgehead atoms. The average molecular weight is 306 g/mol. The largest absolute Gasteiger partial charge is 0.392 e. The quantitative estimate of drug-likeness (QED) is 0.572. The Morgan fingerprint density at radius 2 is 2.05 bits per heavy atom. The second-order valence-corrected chi connectivity index (χ2v) is 6.35. The number of aliphatic hydroxyl groups excluding tert-OH is 1. The highest BCUT2D eigenvalue weighted by atomic mass is 16.6.